The molecule has 0 saturated carbocycles. The minimum Gasteiger partial charge on any atom is -0.491 e. The largest absolute Gasteiger partial charge is 0.491 e. The Morgan fingerprint density at radius 1 is 1.09 bits per heavy atom. The summed E-state index contributed by atoms with van der Waals surface area (Å²) in [4.78, 5) is 0. The molecule has 0 fully saturated rings. The van der Waals surface area contributed by atoms with Crippen LogP contribution in [0.4, 0.5) is 4.39 Å². The smallest absolute Gasteiger partial charge is 0.143 e. The Kier molecular flexibility index (Phi) is 4.06. The third-order valence-electron chi connectivity index (χ3n) is 3.11. The van der Waals surface area contributed by atoms with E-state index in [1.165, 1.54) is 35.3 Å². The first-order valence-electron chi connectivity index (χ1n) is 6.62. The molecule has 0 amide bonds. The Balaban J connectivity index is 1.60. The van der Waals surface area contributed by atoms with Gasteiger partial charge in [-0.15, -0.1) is 5.10 Å². The van der Waals surface area contributed by atoms with E-state index in [1.54, 1.807) is 24.3 Å². The molecule has 0 aliphatic rings. The van der Waals surface area contributed by atoms with Gasteiger partial charge in [0.15, 0.2) is 0 Å². The first kappa shape index (κ1) is 14.2. The summed E-state index contributed by atoms with van der Waals surface area (Å²) in [6.07, 6.45) is 0.675. The van der Waals surface area contributed by atoms with E-state index in [9.17, 15) is 9.50 Å². The highest BCUT2D eigenvalue weighted by atomic mass is 19.1. The highest BCUT2D eigenvalue weighted by Gasteiger charge is 2.08. The van der Waals surface area contributed by atoms with Crippen molar-refractivity contribution < 1.29 is 14.2 Å². The van der Waals surface area contributed by atoms with Gasteiger partial charge in [-0.3, -0.25) is 0 Å². The molecule has 0 radical (unpaired) electrons. The van der Waals surface area contributed by atoms with Crippen molar-refractivity contribution in [3.8, 4) is 11.4 Å². The predicted molar refractivity (Wildman–Crippen MR) is 76.0 cm³/mol. The lowest BCUT2D eigenvalue weighted by molar-refractivity contribution is 0.108. The van der Waals surface area contributed by atoms with E-state index < -0.39 is 6.10 Å². The molecule has 1 heterocycles. The van der Waals surface area contributed by atoms with Gasteiger partial charge in [0.2, 0.25) is 0 Å². The normalized spacial score (nSPS) is 12.1. The zero-order valence-electron chi connectivity index (χ0n) is 11.5. The van der Waals surface area contributed by atoms with Gasteiger partial charge in [0, 0.05) is 0 Å². The van der Waals surface area contributed by atoms with Crippen molar-refractivity contribution in [1.29, 1.82) is 0 Å². The summed E-state index contributed by atoms with van der Waals surface area (Å²) in [6, 6.07) is 12.8. The number of benzene rings is 2. The van der Waals surface area contributed by atoms with Gasteiger partial charge >= 0.3 is 0 Å². The van der Waals surface area contributed by atoms with Crippen molar-refractivity contribution in [2.75, 3.05) is 6.61 Å². The molecule has 0 spiro atoms. The Labute approximate surface area is 125 Å². The molecule has 1 atom stereocenters. The maximum atomic E-state index is 12.8. The van der Waals surface area contributed by atoms with Crippen LogP contribution < -0.4 is 4.74 Å². The number of rotatable bonds is 5. The zero-order valence-corrected chi connectivity index (χ0v) is 11.5. The van der Waals surface area contributed by atoms with Crippen LogP contribution in [0.25, 0.3) is 5.69 Å². The van der Waals surface area contributed by atoms with Crippen LogP contribution in [0, 0.1) is 5.82 Å². The van der Waals surface area contributed by atoms with Gasteiger partial charge in [0.25, 0.3) is 0 Å². The van der Waals surface area contributed by atoms with Gasteiger partial charge < -0.3 is 9.84 Å². The summed E-state index contributed by atoms with van der Waals surface area (Å²) in [7, 11) is 0. The molecular weight excluding hydrogens is 287 g/mol. The molecule has 6 nitrogen and oxygen atoms in total. The van der Waals surface area contributed by atoms with Crippen LogP contribution in [-0.4, -0.2) is 31.9 Å². The van der Waals surface area contributed by atoms with Crippen LogP contribution in [0.5, 0.6) is 5.75 Å². The number of nitrogens with zero attached hydrogens (tertiary/aromatic N) is 4. The Morgan fingerprint density at radius 2 is 1.82 bits per heavy atom. The molecule has 7 heteroatoms. The second kappa shape index (κ2) is 6.31. The summed E-state index contributed by atoms with van der Waals surface area (Å²) in [5.74, 6) is 0.271. The van der Waals surface area contributed by atoms with E-state index in [-0.39, 0.29) is 12.4 Å². The number of tetrazole rings is 1. The highest BCUT2D eigenvalue weighted by molar-refractivity contribution is 5.36. The lowest BCUT2D eigenvalue weighted by atomic mass is 10.1. The van der Waals surface area contributed by atoms with Gasteiger partial charge in [-0.2, -0.15) is 0 Å². The summed E-state index contributed by atoms with van der Waals surface area (Å²) < 4.78 is 19.9. The molecule has 0 aliphatic heterocycles. The van der Waals surface area contributed by atoms with Gasteiger partial charge in [0.05, 0.1) is 5.69 Å². The van der Waals surface area contributed by atoms with Gasteiger partial charge in [0.1, 0.15) is 30.6 Å². The van der Waals surface area contributed by atoms with Gasteiger partial charge in [-0.25, -0.2) is 9.07 Å². The quantitative estimate of drug-likeness (QED) is 0.779. The molecule has 0 saturated heterocycles. The minimum absolute atomic E-state index is 0.0792. The lowest BCUT2D eigenvalue weighted by Gasteiger charge is -2.13. The van der Waals surface area contributed by atoms with Crippen molar-refractivity contribution in [2.24, 2.45) is 0 Å². The Morgan fingerprint density at radius 3 is 2.45 bits per heavy atom. The lowest BCUT2D eigenvalue weighted by Crippen LogP contribution is -2.09. The molecule has 112 valence electrons. The van der Waals surface area contributed by atoms with Crippen molar-refractivity contribution in [1.82, 2.24) is 20.2 Å². The van der Waals surface area contributed by atoms with Crippen molar-refractivity contribution in [2.45, 2.75) is 6.10 Å². The molecule has 0 aliphatic carbocycles. The van der Waals surface area contributed by atoms with Gasteiger partial charge in [-0.1, -0.05) is 12.1 Å². The molecule has 0 bridgehead atoms. The van der Waals surface area contributed by atoms with E-state index >= 15 is 0 Å². The van der Waals surface area contributed by atoms with E-state index in [2.05, 4.69) is 15.5 Å². The standard InChI is InChI=1S/C15H13FN4O2/c16-12-3-1-11(2-4-12)15(21)9-22-14-7-5-13(6-8-14)20-10-17-18-19-20/h1-8,10,15,21H,9H2. The number of halogens is 1. The number of aliphatic hydroxyl groups is 1. The van der Waals surface area contributed by atoms with E-state index in [4.69, 9.17) is 4.74 Å². The molecular formula is C15H13FN4O2. The third-order valence-corrected chi connectivity index (χ3v) is 3.11. The molecule has 22 heavy (non-hydrogen) atoms. The summed E-state index contributed by atoms with van der Waals surface area (Å²) >= 11 is 0. The monoisotopic (exact) mass is 300 g/mol. The fourth-order valence-corrected chi connectivity index (χ4v) is 1.93. The Bertz CT molecular complexity index is 714. The second-order valence-electron chi connectivity index (χ2n) is 4.63. The van der Waals surface area contributed by atoms with Crippen LogP contribution in [-0.2, 0) is 0 Å². The molecule has 3 rings (SSSR count). The maximum Gasteiger partial charge on any atom is 0.143 e. The van der Waals surface area contributed by atoms with E-state index in [0.717, 1.165) is 5.69 Å². The number of aliphatic hydroxyl groups excluding tert-OH is 1. The van der Waals surface area contributed by atoms with E-state index in [0.29, 0.717) is 11.3 Å². The molecule has 1 unspecified atom stereocenters. The number of hydrogen-bond donors (Lipinski definition) is 1. The topological polar surface area (TPSA) is 73.1 Å². The van der Waals surface area contributed by atoms with Crippen LogP contribution in [0.3, 0.4) is 0 Å². The van der Waals surface area contributed by atoms with Crippen molar-refractivity contribution >= 4 is 0 Å². The average Bonchev–Trinajstić information content (AvgIpc) is 3.08. The van der Waals surface area contributed by atoms with Gasteiger partial charge in [-0.05, 0) is 52.4 Å². The summed E-state index contributed by atoms with van der Waals surface area (Å²) in [6.45, 7) is 0.0792. The minimum atomic E-state index is -0.820. The molecule has 3 aromatic rings. The van der Waals surface area contributed by atoms with E-state index in [1.807, 2.05) is 0 Å². The molecule has 2 aromatic carbocycles. The zero-order chi connectivity index (χ0) is 15.4. The highest BCUT2D eigenvalue weighted by Crippen LogP contribution is 2.18. The molecule has 1 N–H and O–H groups in total. The number of ether oxygens (including phenoxy) is 1. The fourth-order valence-electron chi connectivity index (χ4n) is 1.93. The van der Waals surface area contributed by atoms with Crippen LogP contribution in [0.2, 0.25) is 0 Å². The number of aromatic nitrogens is 4. The summed E-state index contributed by atoms with van der Waals surface area (Å²) in [5.41, 5.74) is 1.41. The fraction of sp³-hybridized carbons (Fsp3) is 0.133. The second-order valence-corrected chi connectivity index (χ2v) is 4.63. The molecule has 1 aromatic heterocycles. The average molecular weight is 300 g/mol. The van der Waals surface area contributed by atoms with Crippen LogP contribution >= 0.6 is 0 Å². The van der Waals surface area contributed by atoms with Crippen molar-refractivity contribution in [3.63, 3.8) is 0 Å². The predicted octanol–water partition coefficient (Wildman–Crippen LogP) is 1.91. The third kappa shape index (κ3) is 3.26. The van der Waals surface area contributed by atoms with Crippen LogP contribution in [0.1, 0.15) is 11.7 Å². The first-order chi connectivity index (χ1) is 10.7. The first-order valence-corrected chi connectivity index (χ1v) is 6.62. The van der Waals surface area contributed by atoms with Crippen molar-refractivity contribution in [3.05, 3.63) is 66.2 Å². The maximum absolute atomic E-state index is 12.8. The SMILES string of the molecule is OC(COc1ccc(-n2cnnn2)cc1)c1ccc(F)cc1. The summed E-state index contributed by atoms with van der Waals surface area (Å²) in [5, 5.41) is 20.9. The number of hydrogen-bond acceptors (Lipinski definition) is 5. The van der Waals surface area contributed by atoms with Crippen LogP contribution in [0.15, 0.2) is 54.9 Å². The Hall–Kier alpha value is -2.80.